The molecule has 0 saturated heterocycles. The molecule has 0 fully saturated rings. The number of rotatable bonds is 38. The molecule has 0 N–H and O–H groups in total. The third kappa shape index (κ3) is 36.2. The predicted octanol–water partition coefficient (Wildman–Crippen LogP) is 13.4. The Hall–Kier alpha value is -1.59. The van der Waals surface area contributed by atoms with Crippen molar-refractivity contribution in [3.05, 3.63) is 0 Å². The highest BCUT2D eigenvalue weighted by Crippen LogP contribution is 2.17. The number of carbonyl (C=O) groups excluding carboxylic acids is 3. The second kappa shape index (κ2) is 37.2. The Morgan fingerprint density at radius 2 is 0.760 bits per heavy atom. The fourth-order valence-electron chi connectivity index (χ4n) is 6.37. The second-order valence-electron chi connectivity index (χ2n) is 15.7. The van der Waals surface area contributed by atoms with Crippen molar-refractivity contribution in [2.75, 3.05) is 13.2 Å². The third-order valence-electron chi connectivity index (χ3n) is 10.1. The smallest absolute Gasteiger partial charge is 0.306 e. The zero-order valence-electron chi connectivity index (χ0n) is 34.0. The highest BCUT2D eigenvalue weighted by molar-refractivity contribution is 5.71. The number of unbranched alkanes of at least 4 members (excludes halogenated alkanes) is 22. The zero-order chi connectivity index (χ0) is 36.9. The van der Waals surface area contributed by atoms with Crippen molar-refractivity contribution in [1.82, 2.24) is 0 Å². The van der Waals surface area contributed by atoms with Gasteiger partial charge in [0.05, 0.1) is 0 Å². The van der Waals surface area contributed by atoms with Crippen LogP contribution in [0.3, 0.4) is 0 Å². The van der Waals surface area contributed by atoms with Crippen LogP contribution >= 0.6 is 0 Å². The summed E-state index contributed by atoms with van der Waals surface area (Å²) >= 11 is 0. The molecule has 0 saturated carbocycles. The summed E-state index contributed by atoms with van der Waals surface area (Å²) in [5, 5.41) is 0. The standard InChI is InChI=1S/C44H84O6/c1-6-8-9-10-11-12-13-19-24-29-34-42(45)48-37-41(38-49-43(46)35-30-25-21-16-17-22-27-32-39(3)4)50-44(47)36-31-26-20-15-14-18-23-28-33-40(5)7-2/h39-41H,6-38H2,1-5H3/t40?,41-/m1/s1. The molecule has 0 spiro atoms. The first kappa shape index (κ1) is 48.4. The molecule has 0 aromatic rings. The molecular formula is C44H84O6. The number of carbonyl (C=O) groups is 3. The van der Waals surface area contributed by atoms with Gasteiger partial charge in [0.1, 0.15) is 13.2 Å². The van der Waals surface area contributed by atoms with E-state index in [1.54, 1.807) is 0 Å². The first-order valence-electron chi connectivity index (χ1n) is 21.8. The molecule has 0 heterocycles. The van der Waals surface area contributed by atoms with E-state index in [0.29, 0.717) is 19.3 Å². The van der Waals surface area contributed by atoms with E-state index >= 15 is 0 Å². The van der Waals surface area contributed by atoms with Crippen LogP contribution in [0.2, 0.25) is 0 Å². The largest absolute Gasteiger partial charge is 0.462 e. The SMILES string of the molecule is CCCCCCCCCCCCC(=O)OC[C@H](COC(=O)CCCCCCCCCC(C)C)OC(=O)CCCCCCCCCCC(C)CC. The van der Waals surface area contributed by atoms with E-state index < -0.39 is 6.10 Å². The van der Waals surface area contributed by atoms with Gasteiger partial charge in [0, 0.05) is 19.3 Å². The highest BCUT2D eigenvalue weighted by Gasteiger charge is 2.19. The minimum absolute atomic E-state index is 0.0660. The molecule has 1 unspecified atom stereocenters. The molecule has 0 amide bonds. The highest BCUT2D eigenvalue weighted by atomic mass is 16.6. The van der Waals surface area contributed by atoms with Gasteiger partial charge in [-0.1, -0.05) is 195 Å². The Morgan fingerprint density at radius 3 is 1.14 bits per heavy atom. The number of hydrogen-bond acceptors (Lipinski definition) is 6. The lowest BCUT2D eigenvalue weighted by molar-refractivity contribution is -0.167. The Balaban J connectivity index is 4.36. The van der Waals surface area contributed by atoms with Crippen molar-refractivity contribution in [2.45, 2.75) is 240 Å². The molecule has 0 aliphatic heterocycles. The van der Waals surface area contributed by atoms with E-state index in [-0.39, 0.29) is 31.1 Å². The van der Waals surface area contributed by atoms with Crippen LogP contribution in [0.4, 0.5) is 0 Å². The summed E-state index contributed by atoms with van der Waals surface area (Å²) in [6.07, 6.45) is 33.7. The lowest BCUT2D eigenvalue weighted by Crippen LogP contribution is -2.30. The van der Waals surface area contributed by atoms with Crippen LogP contribution in [0.25, 0.3) is 0 Å². The minimum Gasteiger partial charge on any atom is -0.462 e. The fraction of sp³-hybridized carbons (Fsp3) is 0.932. The number of hydrogen-bond donors (Lipinski definition) is 0. The van der Waals surface area contributed by atoms with Crippen LogP contribution in [-0.2, 0) is 28.6 Å². The Morgan fingerprint density at radius 1 is 0.420 bits per heavy atom. The molecule has 0 aromatic carbocycles. The molecular weight excluding hydrogens is 624 g/mol. The first-order chi connectivity index (χ1) is 24.3. The van der Waals surface area contributed by atoms with Gasteiger partial charge in [0.2, 0.25) is 0 Å². The fourth-order valence-corrected chi connectivity index (χ4v) is 6.37. The van der Waals surface area contributed by atoms with Gasteiger partial charge in [-0.15, -0.1) is 0 Å². The van der Waals surface area contributed by atoms with Crippen molar-refractivity contribution in [1.29, 1.82) is 0 Å². The normalized spacial score (nSPS) is 12.6. The Kier molecular flexibility index (Phi) is 36.0. The zero-order valence-corrected chi connectivity index (χ0v) is 34.0. The van der Waals surface area contributed by atoms with Crippen LogP contribution in [0.1, 0.15) is 234 Å². The Bertz CT molecular complexity index is 766. The summed E-state index contributed by atoms with van der Waals surface area (Å²) in [5.74, 6) is 0.761. The van der Waals surface area contributed by atoms with Gasteiger partial charge in [0.15, 0.2) is 6.10 Å². The summed E-state index contributed by atoms with van der Waals surface area (Å²) in [6.45, 7) is 11.3. The molecule has 6 nitrogen and oxygen atoms in total. The van der Waals surface area contributed by atoms with Crippen LogP contribution < -0.4 is 0 Å². The van der Waals surface area contributed by atoms with E-state index in [9.17, 15) is 14.4 Å². The summed E-state index contributed by atoms with van der Waals surface area (Å²) in [7, 11) is 0. The van der Waals surface area contributed by atoms with Crippen molar-refractivity contribution in [2.24, 2.45) is 11.8 Å². The topological polar surface area (TPSA) is 78.9 Å². The van der Waals surface area contributed by atoms with Crippen molar-refractivity contribution in [3.63, 3.8) is 0 Å². The van der Waals surface area contributed by atoms with Gasteiger partial charge in [0.25, 0.3) is 0 Å². The minimum atomic E-state index is -0.760. The summed E-state index contributed by atoms with van der Waals surface area (Å²) in [5.41, 5.74) is 0. The number of esters is 3. The van der Waals surface area contributed by atoms with Gasteiger partial charge >= 0.3 is 17.9 Å². The summed E-state index contributed by atoms with van der Waals surface area (Å²) in [6, 6.07) is 0. The van der Waals surface area contributed by atoms with Crippen molar-refractivity contribution in [3.8, 4) is 0 Å². The quantitative estimate of drug-likeness (QED) is 0.0361. The van der Waals surface area contributed by atoms with Gasteiger partial charge in [-0.2, -0.15) is 0 Å². The molecule has 0 aromatic heterocycles. The van der Waals surface area contributed by atoms with Gasteiger partial charge in [-0.05, 0) is 31.1 Å². The molecule has 6 heteroatoms. The molecule has 0 radical (unpaired) electrons. The lowest BCUT2D eigenvalue weighted by Gasteiger charge is -2.18. The molecule has 0 aliphatic rings. The average Bonchev–Trinajstić information content (AvgIpc) is 3.09. The monoisotopic (exact) mass is 709 g/mol. The van der Waals surface area contributed by atoms with E-state index in [1.807, 2.05) is 0 Å². The third-order valence-corrected chi connectivity index (χ3v) is 10.1. The molecule has 50 heavy (non-hydrogen) atoms. The maximum atomic E-state index is 12.7. The van der Waals surface area contributed by atoms with Crippen LogP contribution in [0, 0.1) is 11.8 Å². The van der Waals surface area contributed by atoms with Crippen LogP contribution in [-0.4, -0.2) is 37.2 Å². The lowest BCUT2D eigenvalue weighted by atomic mass is 9.99. The molecule has 2 atom stereocenters. The van der Waals surface area contributed by atoms with Crippen molar-refractivity contribution < 1.29 is 28.6 Å². The molecule has 0 aliphatic carbocycles. The summed E-state index contributed by atoms with van der Waals surface area (Å²) in [4.78, 5) is 37.6. The molecule has 0 bridgehead atoms. The maximum absolute atomic E-state index is 12.7. The van der Waals surface area contributed by atoms with E-state index in [2.05, 4.69) is 34.6 Å². The average molecular weight is 709 g/mol. The maximum Gasteiger partial charge on any atom is 0.306 e. The van der Waals surface area contributed by atoms with Crippen LogP contribution in [0.5, 0.6) is 0 Å². The number of ether oxygens (including phenoxy) is 3. The van der Waals surface area contributed by atoms with Gasteiger partial charge in [-0.25, -0.2) is 0 Å². The molecule has 0 rings (SSSR count). The van der Waals surface area contributed by atoms with Crippen molar-refractivity contribution >= 4 is 17.9 Å². The van der Waals surface area contributed by atoms with E-state index in [1.165, 1.54) is 122 Å². The van der Waals surface area contributed by atoms with E-state index in [4.69, 9.17) is 14.2 Å². The Labute approximate surface area is 310 Å². The first-order valence-corrected chi connectivity index (χ1v) is 21.8. The van der Waals surface area contributed by atoms with Gasteiger partial charge < -0.3 is 14.2 Å². The summed E-state index contributed by atoms with van der Waals surface area (Å²) < 4.78 is 16.7. The molecule has 296 valence electrons. The second-order valence-corrected chi connectivity index (χ2v) is 15.7. The van der Waals surface area contributed by atoms with Crippen LogP contribution in [0.15, 0.2) is 0 Å². The van der Waals surface area contributed by atoms with E-state index in [0.717, 1.165) is 69.6 Å². The van der Waals surface area contributed by atoms with Gasteiger partial charge in [-0.3, -0.25) is 14.4 Å². The predicted molar refractivity (Wildman–Crippen MR) is 210 cm³/mol.